The van der Waals surface area contributed by atoms with E-state index >= 15 is 0 Å². The Morgan fingerprint density at radius 1 is 1.19 bits per heavy atom. The zero-order valence-corrected chi connectivity index (χ0v) is 9.31. The van der Waals surface area contributed by atoms with Gasteiger partial charge in [-0.1, -0.05) is 17.7 Å². The molecule has 3 nitrogen and oxygen atoms in total. The lowest BCUT2D eigenvalue weighted by Gasteiger charge is -2.01. The van der Waals surface area contributed by atoms with Crippen molar-refractivity contribution in [2.45, 2.75) is 6.92 Å². The van der Waals surface area contributed by atoms with E-state index < -0.39 is 0 Å². The van der Waals surface area contributed by atoms with Crippen LogP contribution in [0.25, 0.3) is 0 Å². The van der Waals surface area contributed by atoms with E-state index in [2.05, 4.69) is 4.99 Å². The molecule has 0 aliphatic carbocycles. The summed E-state index contributed by atoms with van der Waals surface area (Å²) in [6.45, 7) is 2.04. The molecule has 0 saturated carbocycles. The molecule has 2 aromatic rings. The minimum Gasteiger partial charge on any atom is -0.478 e. The second-order valence-corrected chi connectivity index (χ2v) is 3.43. The van der Waals surface area contributed by atoms with Crippen LogP contribution in [0.5, 0.6) is 0 Å². The van der Waals surface area contributed by atoms with Crippen LogP contribution in [0.4, 0.5) is 5.69 Å². The number of nitrogens with zero attached hydrogens (tertiary/aromatic N) is 1. The highest BCUT2D eigenvalue weighted by atomic mass is 16.5. The third kappa shape index (κ3) is 2.31. The summed E-state index contributed by atoms with van der Waals surface area (Å²) in [7, 11) is 1.58. The van der Waals surface area contributed by atoms with E-state index in [1.54, 1.807) is 19.4 Å². The average molecular weight is 215 g/mol. The Morgan fingerprint density at radius 3 is 2.50 bits per heavy atom. The predicted octanol–water partition coefficient (Wildman–Crippen LogP) is 3.31. The van der Waals surface area contributed by atoms with Crippen LogP contribution in [0.1, 0.15) is 11.3 Å². The van der Waals surface area contributed by atoms with Gasteiger partial charge >= 0.3 is 0 Å². The summed E-state index contributed by atoms with van der Waals surface area (Å²) in [6, 6.07) is 11.5. The lowest BCUT2D eigenvalue weighted by Crippen LogP contribution is -2.00. The summed E-state index contributed by atoms with van der Waals surface area (Å²) in [5.41, 5.74) is 2.05. The van der Waals surface area contributed by atoms with Crippen LogP contribution in [-0.4, -0.2) is 13.0 Å². The fourth-order valence-electron chi connectivity index (χ4n) is 1.34. The maximum Gasteiger partial charge on any atom is 0.257 e. The molecule has 82 valence electrons. The molecule has 3 heteroatoms. The van der Waals surface area contributed by atoms with Gasteiger partial charge in [0.05, 0.1) is 19.1 Å². The van der Waals surface area contributed by atoms with Crippen LogP contribution in [0.3, 0.4) is 0 Å². The first kappa shape index (κ1) is 10.5. The monoisotopic (exact) mass is 215 g/mol. The number of hydrogen-bond donors (Lipinski definition) is 0. The summed E-state index contributed by atoms with van der Waals surface area (Å²) in [5, 5.41) is 0. The van der Waals surface area contributed by atoms with Gasteiger partial charge in [0.2, 0.25) is 0 Å². The minimum absolute atomic E-state index is 0.480. The van der Waals surface area contributed by atoms with Crippen molar-refractivity contribution in [3.63, 3.8) is 0 Å². The van der Waals surface area contributed by atoms with Crippen molar-refractivity contribution in [2.75, 3.05) is 7.11 Å². The lowest BCUT2D eigenvalue weighted by molar-refractivity contribution is 0.388. The van der Waals surface area contributed by atoms with Crippen molar-refractivity contribution in [3.05, 3.63) is 54.0 Å². The molecule has 0 radical (unpaired) electrons. The SMILES string of the molecule is COC(=Nc1ccc(C)cc1)c1ccco1. The molecule has 0 atom stereocenters. The number of benzene rings is 1. The summed E-state index contributed by atoms with van der Waals surface area (Å²) < 4.78 is 10.4. The Balaban J connectivity index is 2.31. The smallest absolute Gasteiger partial charge is 0.257 e. The maximum absolute atomic E-state index is 5.23. The molecule has 1 aromatic carbocycles. The van der Waals surface area contributed by atoms with Crippen LogP contribution in [0.15, 0.2) is 52.1 Å². The molecule has 0 saturated heterocycles. The van der Waals surface area contributed by atoms with Gasteiger partial charge in [0, 0.05) is 0 Å². The van der Waals surface area contributed by atoms with Crippen LogP contribution >= 0.6 is 0 Å². The zero-order valence-electron chi connectivity index (χ0n) is 9.31. The van der Waals surface area contributed by atoms with Crippen LogP contribution < -0.4 is 0 Å². The number of rotatable bonds is 2. The van der Waals surface area contributed by atoms with Crippen molar-refractivity contribution in [2.24, 2.45) is 4.99 Å². The Kier molecular flexibility index (Phi) is 3.05. The molecule has 0 amide bonds. The number of aryl methyl sites for hydroxylation is 1. The van der Waals surface area contributed by atoms with E-state index in [1.165, 1.54) is 5.56 Å². The minimum atomic E-state index is 0.480. The zero-order chi connectivity index (χ0) is 11.4. The Bertz CT molecular complexity index is 469. The first-order chi connectivity index (χ1) is 7.79. The van der Waals surface area contributed by atoms with Gasteiger partial charge in [-0.2, -0.15) is 0 Å². The summed E-state index contributed by atoms with van der Waals surface area (Å²) in [4.78, 5) is 4.36. The Hall–Kier alpha value is -2.03. The van der Waals surface area contributed by atoms with E-state index in [0.717, 1.165) is 5.69 Å². The van der Waals surface area contributed by atoms with Crippen molar-refractivity contribution in [1.29, 1.82) is 0 Å². The van der Waals surface area contributed by atoms with E-state index in [0.29, 0.717) is 11.7 Å². The third-order valence-corrected chi connectivity index (χ3v) is 2.19. The number of furan rings is 1. The second-order valence-electron chi connectivity index (χ2n) is 3.43. The number of methoxy groups -OCH3 is 1. The second kappa shape index (κ2) is 4.66. The van der Waals surface area contributed by atoms with E-state index in [1.807, 2.05) is 37.3 Å². The van der Waals surface area contributed by atoms with Gasteiger partial charge < -0.3 is 9.15 Å². The van der Waals surface area contributed by atoms with Crippen molar-refractivity contribution in [3.8, 4) is 0 Å². The largest absolute Gasteiger partial charge is 0.478 e. The first-order valence-electron chi connectivity index (χ1n) is 5.03. The van der Waals surface area contributed by atoms with Gasteiger partial charge in [0.1, 0.15) is 0 Å². The highest BCUT2D eigenvalue weighted by Gasteiger charge is 2.06. The molecule has 0 aliphatic rings. The predicted molar refractivity (Wildman–Crippen MR) is 63.1 cm³/mol. The van der Waals surface area contributed by atoms with Crippen LogP contribution in [0, 0.1) is 6.92 Å². The molecule has 0 aliphatic heterocycles. The quantitative estimate of drug-likeness (QED) is 0.569. The highest BCUT2D eigenvalue weighted by molar-refractivity contribution is 5.93. The molecule has 1 aromatic heterocycles. The van der Waals surface area contributed by atoms with E-state index in [-0.39, 0.29) is 0 Å². The normalized spacial score (nSPS) is 11.5. The number of hydrogen-bond acceptors (Lipinski definition) is 3. The van der Waals surface area contributed by atoms with Gasteiger partial charge in [0.25, 0.3) is 5.90 Å². The van der Waals surface area contributed by atoms with Gasteiger partial charge in [-0.05, 0) is 31.2 Å². The summed E-state index contributed by atoms with van der Waals surface area (Å²) >= 11 is 0. The van der Waals surface area contributed by atoms with Crippen LogP contribution in [-0.2, 0) is 4.74 Å². The fraction of sp³-hybridized carbons (Fsp3) is 0.154. The third-order valence-electron chi connectivity index (χ3n) is 2.19. The van der Waals surface area contributed by atoms with Crippen molar-refractivity contribution in [1.82, 2.24) is 0 Å². The molecular formula is C13H13NO2. The summed E-state index contributed by atoms with van der Waals surface area (Å²) in [6.07, 6.45) is 1.60. The Labute approximate surface area is 94.4 Å². The molecule has 16 heavy (non-hydrogen) atoms. The molecule has 0 unspecified atom stereocenters. The molecule has 0 N–H and O–H groups in total. The topological polar surface area (TPSA) is 34.7 Å². The number of aliphatic imine (C=N–C) groups is 1. The van der Waals surface area contributed by atoms with Gasteiger partial charge in [-0.25, -0.2) is 4.99 Å². The standard InChI is InChI=1S/C13H13NO2/c1-10-5-7-11(8-6-10)14-13(15-2)12-4-3-9-16-12/h3-9H,1-2H3. The van der Waals surface area contributed by atoms with Gasteiger partial charge in [0.15, 0.2) is 5.76 Å². The van der Waals surface area contributed by atoms with Crippen LogP contribution in [0.2, 0.25) is 0 Å². The Morgan fingerprint density at radius 2 is 1.94 bits per heavy atom. The molecule has 0 bridgehead atoms. The van der Waals surface area contributed by atoms with E-state index in [9.17, 15) is 0 Å². The van der Waals surface area contributed by atoms with E-state index in [4.69, 9.17) is 9.15 Å². The highest BCUT2D eigenvalue weighted by Crippen LogP contribution is 2.15. The lowest BCUT2D eigenvalue weighted by atomic mass is 10.2. The van der Waals surface area contributed by atoms with Crippen molar-refractivity contribution >= 4 is 11.6 Å². The van der Waals surface area contributed by atoms with Crippen molar-refractivity contribution < 1.29 is 9.15 Å². The molecule has 1 heterocycles. The molecule has 0 spiro atoms. The van der Waals surface area contributed by atoms with Gasteiger partial charge in [-0.3, -0.25) is 0 Å². The summed E-state index contributed by atoms with van der Waals surface area (Å²) in [5.74, 6) is 1.11. The van der Waals surface area contributed by atoms with Gasteiger partial charge in [-0.15, -0.1) is 0 Å². The number of ether oxygens (including phenoxy) is 1. The molecule has 0 fully saturated rings. The molecular weight excluding hydrogens is 202 g/mol. The average Bonchev–Trinajstić information content (AvgIpc) is 2.82. The maximum atomic E-state index is 5.23. The fourth-order valence-corrected chi connectivity index (χ4v) is 1.34. The molecule has 2 rings (SSSR count). The first-order valence-corrected chi connectivity index (χ1v) is 5.03.